The minimum absolute atomic E-state index is 0.315. The van der Waals surface area contributed by atoms with Gasteiger partial charge in [-0.05, 0) is 12.2 Å². The van der Waals surface area contributed by atoms with Gasteiger partial charge in [0.25, 0.3) is 0 Å². The summed E-state index contributed by atoms with van der Waals surface area (Å²) in [6.45, 7) is 1.97. The lowest BCUT2D eigenvalue weighted by molar-refractivity contribution is -0.141. The molecule has 0 saturated heterocycles. The molecule has 0 radical (unpaired) electrons. The highest BCUT2D eigenvalue weighted by Gasteiger charge is 2.17. The number of carboxylic acids is 1. The third kappa shape index (κ3) is 8.26. The Balaban J connectivity index is 3.67. The van der Waals surface area contributed by atoms with Crippen molar-refractivity contribution in [1.29, 1.82) is 0 Å². The molecule has 0 aliphatic carbocycles. The summed E-state index contributed by atoms with van der Waals surface area (Å²) in [7, 11) is 1.62. The number of carbonyl (C=O) groups is 2. The average molecular weight is 235 g/mol. The summed E-state index contributed by atoms with van der Waals surface area (Å²) in [5, 5.41) is 11.2. The molecule has 0 aliphatic rings. The van der Waals surface area contributed by atoms with E-state index in [0.29, 0.717) is 18.8 Å². The van der Waals surface area contributed by atoms with Gasteiger partial charge in [-0.3, -0.25) is 4.79 Å². The van der Waals surface area contributed by atoms with Crippen molar-refractivity contribution >= 4 is 23.6 Å². The Bertz CT molecular complexity index is 210. The van der Waals surface area contributed by atoms with E-state index in [1.807, 2.05) is 0 Å². The van der Waals surface area contributed by atoms with Gasteiger partial charge in [0.05, 0.1) is 6.61 Å². The standard InChI is InChI=1S/C9H17NO4S/c1-7(11)10-8(9(12)13)3-5-15-6-4-14-2/h8H,3-6H2,1-2H3,(H,10,11)(H,12,13). The van der Waals surface area contributed by atoms with Gasteiger partial charge in [0.1, 0.15) is 6.04 Å². The molecule has 1 amide bonds. The molecule has 0 saturated carbocycles. The number of nitrogens with one attached hydrogen (secondary N) is 1. The maximum absolute atomic E-state index is 10.7. The van der Waals surface area contributed by atoms with Gasteiger partial charge in [-0.1, -0.05) is 0 Å². The molecule has 0 bridgehead atoms. The van der Waals surface area contributed by atoms with Crippen LogP contribution in [0.15, 0.2) is 0 Å². The van der Waals surface area contributed by atoms with E-state index in [-0.39, 0.29) is 5.91 Å². The maximum atomic E-state index is 10.7. The summed E-state index contributed by atoms with van der Waals surface area (Å²) in [5.74, 6) is 0.227. The van der Waals surface area contributed by atoms with Crippen molar-refractivity contribution < 1.29 is 19.4 Å². The van der Waals surface area contributed by atoms with Crippen molar-refractivity contribution in [3.63, 3.8) is 0 Å². The number of amides is 1. The van der Waals surface area contributed by atoms with Crippen LogP contribution in [-0.2, 0) is 14.3 Å². The summed E-state index contributed by atoms with van der Waals surface area (Å²) >= 11 is 1.61. The second-order valence-corrected chi connectivity index (χ2v) is 4.21. The van der Waals surface area contributed by atoms with E-state index in [0.717, 1.165) is 5.75 Å². The molecular weight excluding hydrogens is 218 g/mol. The second-order valence-electron chi connectivity index (χ2n) is 2.99. The molecule has 0 aliphatic heterocycles. The van der Waals surface area contributed by atoms with Gasteiger partial charge in [-0.2, -0.15) is 11.8 Å². The fraction of sp³-hybridized carbons (Fsp3) is 0.778. The fourth-order valence-corrected chi connectivity index (χ4v) is 1.84. The molecule has 15 heavy (non-hydrogen) atoms. The SMILES string of the molecule is COCCSCCC(NC(C)=O)C(=O)O. The van der Waals surface area contributed by atoms with Gasteiger partial charge in [-0.15, -0.1) is 0 Å². The van der Waals surface area contributed by atoms with Crippen LogP contribution in [0, 0.1) is 0 Å². The van der Waals surface area contributed by atoms with Gasteiger partial charge in [0.15, 0.2) is 0 Å². The zero-order valence-electron chi connectivity index (χ0n) is 8.99. The highest BCUT2D eigenvalue weighted by Crippen LogP contribution is 2.05. The predicted molar refractivity (Wildman–Crippen MR) is 59.1 cm³/mol. The van der Waals surface area contributed by atoms with Crippen LogP contribution in [0.5, 0.6) is 0 Å². The van der Waals surface area contributed by atoms with Gasteiger partial charge in [-0.25, -0.2) is 4.79 Å². The molecule has 0 aromatic carbocycles. The normalized spacial score (nSPS) is 12.1. The Morgan fingerprint density at radius 1 is 1.47 bits per heavy atom. The van der Waals surface area contributed by atoms with Gasteiger partial charge >= 0.3 is 5.97 Å². The number of carboxylic acid groups (broad SMARTS) is 1. The highest BCUT2D eigenvalue weighted by atomic mass is 32.2. The number of hydrogen-bond donors (Lipinski definition) is 2. The summed E-state index contributed by atoms with van der Waals surface area (Å²) in [6, 6.07) is -0.780. The van der Waals surface area contributed by atoms with E-state index >= 15 is 0 Å². The number of thioether (sulfide) groups is 1. The van der Waals surface area contributed by atoms with E-state index in [9.17, 15) is 9.59 Å². The van der Waals surface area contributed by atoms with E-state index < -0.39 is 12.0 Å². The molecule has 88 valence electrons. The van der Waals surface area contributed by atoms with Crippen molar-refractivity contribution in [2.45, 2.75) is 19.4 Å². The first-order valence-electron chi connectivity index (χ1n) is 4.64. The topological polar surface area (TPSA) is 75.6 Å². The van der Waals surface area contributed by atoms with Gasteiger partial charge in [0.2, 0.25) is 5.91 Å². The number of rotatable bonds is 8. The Labute approximate surface area is 93.6 Å². The van der Waals surface area contributed by atoms with E-state index in [1.54, 1.807) is 18.9 Å². The predicted octanol–water partition coefficient (Wildman–Crippen LogP) is 0.345. The Kier molecular flexibility index (Phi) is 8.12. The summed E-state index contributed by atoms with van der Waals surface area (Å²) in [5.41, 5.74) is 0. The third-order valence-electron chi connectivity index (χ3n) is 1.66. The number of carbonyl (C=O) groups excluding carboxylic acids is 1. The van der Waals surface area contributed by atoms with Crippen LogP contribution in [-0.4, -0.2) is 48.2 Å². The molecule has 0 fully saturated rings. The number of methoxy groups -OCH3 is 1. The van der Waals surface area contributed by atoms with Crippen LogP contribution in [0.2, 0.25) is 0 Å². The summed E-state index contributed by atoms with van der Waals surface area (Å²) in [4.78, 5) is 21.4. The highest BCUT2D eigenvalue weighted by molar-refractivity contribution is 7.99. The lowest BCUT2D eigenvalue weighted by Crippen LogP contribution is -2.39. The fourth-order valence-electron chi connectivity index (χ4n) is 0.948. The molecule has 5 nitrogen and oxygen atoms in total. The Hall–Kier alpha value is -0.750. The summed E-state index contributed by atoms with van der Waals surface area (Å²) in [6.07, 6.45) is 0.434. The molecular formula is C9H17NO4S. The average Bonchev–Trinajstić information content (AvgIpc) is 2.15. The first kappa shape index (κ1) is 14.2. The Morgan fingerprint density at radius 2 is 2.13 bits per heavy atom. The molecule has 6 heteroatoms. The van der Waals surface area contributed by atoms with E-state index in [4.69, 9.17) is 9.84 Å². The van der Waals surface area contributed by atoms with Crippen molar-refractivity contribution in [2.24, 2.45) is 0 Å². The van der Waals surface area contributed by atoms with Crippen LogP contribution in [0.1, 0.15) is 13.3 Å². The van der Waals surface area contributed by atoms with Crippen LogP contribution in [0.3, 0.4) is 0 Å². The van der Waals surface area contributed by atoms with Crippen molar-refractivity contribution in [1.82, 2.24) is 5.32 Å². The van der Waals surface area contributed by atoms with Gasteiger partial charge < -0.3 is 15.2 Å². The first-order chi connectivity index (χ1) is 7.07. The number of aliphatic carboxylic acids is 1. The summed E-state index contributed by atoms with van der Waals surface area (Å²) < 4.78 is 4.85. The van der Waals surface area contributed by atoms with Crippen LogP contribution >= 0.6 is 11.8 Å². The maximum Gasteiger partial charge on any atom is 0.326 e. The minimum atomic E-state index is -0.988. The molecule has 0 aromatic heterocycles. The lowest BCUT2D eigenvalue weighted by atomic mass is 10.2. The minimum Gasteiger partial charge on any atom is -0.480 e. The van der Waals surface area contributed by atoms with Crippen molar-refractivity contribution in [3.05, 3.63) is 0 Å². The molecule has 0 heterocycles. The first-order valence-corrected chi connectivity index (χ1v) is 5.80. The third-order valence-corrected chi connectivity index (χ3v) is 2.64. The smallest absolute Gasteiger partial charge is 0.326 e. The Morgan fingerprint density at radius 3 is 2.60 bits per heavy atom. The molecule has 1 unspecified atom stereocenters. The van der Waals surface area contributed by atoms with E-state index in [2.05, 4.69) is 5.32 Å². The molecule has 2 N–H and O–H groups in total. The monoisotopic (exact) mass is 235 g/mol. The second kappa shape index (κ2) is 8.55. The number of hydrogen-bond acceptors (Lipinski definition) is 4. The molecule has 0 spiro atoms. The van der Waals surface area contributed by atoms with Crippen LogP contribution < -0.4 is 5.32 Å². The molecule has 1 atom stereocenters. The van der Waals surface area contributed by atoms with Gasteiger partial charge in [0, 0.05) is 19.8 Å². The lowest BCUT2D eigenvalue weighted by Gasteiger charge is -2.12. The van der Waals surface area contributed by atoms with Crippen LogP contribution in [0.4, 0.5) is 0 Å². The van der Waals surface area contributed by atoms with Crippen LogP contribution in [0.25, 0.3) is 0 Å². The largest absolute Gasteiger partial charge is 0.480 e. The molecule has 0 rings (SSSR count). The zero-order chi connectivity index (χ0) is 11.7. The number of ether oxygens (including phenoxy) is 1. The molecule has 0 aromatic rings. The van der Waals surface area contributed by atoms with Crippen molar-refractivity contribution in [3.8, 4) is 0 Å². The zero-order valence-corrected chi connectivity index (χ0v) is 9.80. The van der Waals surface area contributed by atoms with E-state index in [1.165, 1.54) is 6.92 Å². The quantitative estimate of drug-likeness (QED) is 0.594. The van der Waals surface area contributed by atoms with Crippen molar-refractivity contribution in [2.75, 3.05) is 25.2 Å².